The predicted octanol–water partition coefficient (Wildman–Crippen LogP) is 3.03. The van der Waals surface area contributed by atoms with Crippen LogP contribution in [-0.2, 0) is 16.8 Å². The van der Waals surface area contributed by atoms with Gasteiger partial charge in [0.2, 0.25) is 0 Å². The molecule has 0 spiro atoms. The topological polar surface area (TPSA) is 62.2 Å². The minimum atomic E-state index is -0.790. The number of aromatic nitrogens is 1. The highest BCUT2D eigenvalue weighted by Crippen LogP contribution is 2.23. The summed E-state index contributed by atoms with van der Waals surface area (Å²) in [4.78, 5) is 15.7. The molecule has 2 N–H and O–H groups in total. The van der Waals surface area contributed by atoms with Crippen molar-refractivity contribution in [3.05, 3.63) is 16.1 Å². The van der Waals surface area contributed by atoms with Crippen LogP contribution in [0.4, 0.5) is 0 Å². The Labute approximate surface area is 119 Å². The van der Waals surface area contributed by atoms with Crippen LogP contribution in [0, 0.1) is 5.92 Å². The molecule has 0 aliphatic carbocycles. The van der Waals surface area contributed by atoms with Gasteiger partial charge in [0.25, 0.3) is 0 Å². The van der Waals surface area contributed by atoms with Crippen LogP contribution in [0.3, 0.4) is 0 Å². The fraction of sp³-hybridized carbons (Fsp3) is 0.714. The van der Waals surface area contributed by atoms with Gasteiger partial charge in [-0.1, -0.05) is 34.6 Å². The molecule has 1 aromatic heterocycles. The van der Waals surface area contributed by atoms with Gasteiger partial charge in [-0.25, -0.2) is 4.98 Å². The summed E-state index contributed by atoms with van der Waals surface area (Å²) in [5, 5.41) is 15.2. The average Bonchev–Trinajstić information content (AvgIpc) is 2.71. The van der Waals surface area contributed by atoms with E-state index in [-0.39, 0.29) is 5.41 Å². The number of hydrogen-bond donors (Lipinski definition) is 2. The molecule has 0 aliphatic rings. The van der Waals surface area contributed by atoms with Crippen LogP contribution in [-0.4, -0.2) is 22.1 Å². The van der Waals surface area contributed by atoms with Gasteiger partial charge in [-0.2, -0.15) is 0 Å². The molecule has 0 radical (unpaired) electrons. The van der Waals surface area contributed by atoms with Gasteiger partial charge < -0.3 is 5.11 Å². The van der Waals surface area contributed by atoms with Gasteiger partial charge in [-0.15, -0.1) is 11.3 Å². The number of hydrogen-bond acceptors (Lipinski definition) is 4. The molecule has 1 unspecified atom stereocenters. The first kappa shape index (κ1) is 16.1. The van der Waals surface area contributed by atoms with E-state index in [1.165, 1.54) is 0 Å². The molecular weight excluding hydrogens is 260 g/mol. The van der Waals surface area contributed by atoms with Gasteiger partial charge in [0, 0.05) is 17.3 Å². The molecule has 0 fully saturated rings. The number of aliphatic carboxylic acids is 1. The molecule has 0 aromatic carbocycles. The fourth-order valence-corrected chi connectivity index (χ4v) is 2.66. The number of carboxylic acids is 1. The lowest BCUT2D eigenvalue weighted by Gasteiger charge is -2.16. The Bertz CT molecular complexity index is 421. The summed E-state index contributed by atoms with van der Waals surface area (Å²) in [7, 11) is 0. The summed E-state index contributed by atoms with van der Waals surface area (Å²) in [5.41, 5.74) is 1.10. The molecule has 1 rings (SSSR count). The van der Waals surface area contributed by atoms with E-state index in [4.69, 9.17) is 5.11 Å². The molecule has 5 heteroatoms. The highest BCUT2D eigenvalue weighted by atomic mass is 32.1. The van der Waals surface area contributed by atoms with Crippen LogP contribution < -0.4 is 5.32 Å². The quantitative estimate of drug-likeness (QED) is 0.843. The van der Waals surface area contributed by atoms with Crippen LogP contribution in [0.15, 0.2) is 5.38 Å². The van der Waals surface area contributed by atoms with Gasteiger partial charge in [0.15, 0.2) is 0 Å². The molecule has 0 bridgehead atoms. The van der Waals surface area contributed by atoms with Gasteiger partial charge in [-0.3, -0.25) is 10.1 Å². The van der Waals surface area contributed by atoms with Crippen molar-refractivity contribution in [2.24, 2.45) is 5.92 Å². The third-order valence-electron chi connectivity index (χ3n) is 2.83. The van der Waals surface area contributed by atoms with Crippen molar-refractivity contribution in [3.63, 3.8) is 0 Å². The Morgan fingerprint density at radius 1 is 1.47 bits per heavy atom. The molecule has 1 heterocycles. The van der Waals surface area contributed by atoms with Gasteiger partial charge in [0.1, 0.15) is 11.0 Å². The lowest BCUT2D eigenvalue weighted by atomic mass is 9.93. The van der Waals surface area contributed by atoms with E-state index < -0.39 is 12.0 Å². The number of carbonyl (C=O) groups is 1. The second-order valence-electron chi connectivity index (χ2n) is 6.28. The van der Waals surface area contributed by atoms with E-state index in [2.05, 4.69) is 36.5 Å². The highest BCUT2D eigenvalue weighted by Gasteiger charge is 2.20. The molecule has 1 aromatic rings. The lowest BCUT2D eigenvalue weighted by molar-refractivity contribution is -0.140. The van der Waals surface area contributed by atoms with E-state index in [0.29, 0.717) is 18.9 Å². The number of carboxylic acid groups (broad SMARTS) is 1. The van der Waals surface area contributed by atoms with Crippen LogP contribution >= 0.6 is 11.3 Å². The number of nitrogens with zero attached hydrogens (tertiary/aromatic N) is 1. The van der Waals surface area contributed by atoms with E-state index in [1.807, 2.05) is 13.8 Å². The molecule has 108 valence electrons. The Morgan fingerprint density at radius 2 is 2.11 bits per heavy atom. The Kier molecular flexibility index (Phi) is 5.50. The molecular formula is C14H24N2O2S. The minimum absolute atomic E-state index is 0.0406. The monoisotopic (exact) mass is 284 g/mol. The summed E-state index contributed by atoms with van der Waals surface area (Å²) >= 11 is 1.58. The first-order valence-electron chi connectivity index (χ1n) is 6.61. The third-order valence-corrected chi connectivity index (χ3v) is 3.67. The first-order valence-corrected chi connectivity index (χ1v) is 7.49. The molecule has 19 heavy (non-hydrogen) atoms. The Morgan fingerprint density at radius 3 is 2.53 bits per heavy atom. The van der Waals surface area contributed by atoms with Crippen LogP contribution in [0.5, 0.6) is 0 Å². The standard InChI is InChI=1S/C14H24N2O2S/c1-9(2)6-10(13(17)18)15-7-12-16-11(8-19-12)14(3,4)5/h8-10,15H,6-7H2,1-5H3,(H,17,18). The van der Waals surface area contributed by atoms with Crippen LogP contribution in [0.1, 0.15) is 51.7 Å². The van der Waals surface area contributed by atoms with Crippen LogP contribution in [0.25, 0.3) is 0 Å². The van der Waals surface area contributed by atoms with Crippen molar-refractivity contribution in [1.82, 2.24) is 10.3 Å². The van der Waals surface area contributed by atoms with Gasteiger partial charge >= 0.3 is 5.97 Å². The van der Waals surface area contributed by atoms with Crippen molar-refractivity contribution in [1.29, 1.82) is 0 Å². The zero-order valence-electron chi connectivity index (χ0n) is 12.4. The van der Waals surface area contributed by atoms with E-state index >= 15 is 0 Å². The van der Waals surface area contributed by atoms with Gasteiger partial charge in [0.05, 0.1) is 5.69 Å². The summed E-state index contributed by atoms with van der Waals surface area (Å²) in [6.07, 6.45) is 0.632. The van der Waals surface area contributed by atoms with Crippen molar-refractivity contribution in [2.45, 2.75) is 59.0 Å². The second-order valence-corrected chi connectivity index (χ2v) is 7.22. The first-order chi connectivity index (χ1) is 8.70. The molecule has 4 nitrogen and oxygen atoms in total. The molecule has 0 saturated heterocycles. The van der Waals surface area contributed by atoms with E-state index in [9.17, 15) is 4.79 Å². The molecule has 0 amide bonds. The normalized spacial score (nSPS) is 13.8. The summed E-state index contributed by atoms with van der Waals surface area (Å²) in [6, 6.07) is -0.498. The van der Waals surface area contributed by atoms with Crippen LogP contribution in [0.2, 0.25) is 0 Å². The maximum absolute atomic E-state index is 11.1. The average molecular weight is 284 g/mol. The molecule has 0 aliphatic heterocycles. The second kappa shape index (κ2) is 6.48. The maximum Gasteiger partial charge on any atom is 0.320 e. The SMILES string of the molecule is CC(C)CC(NCc1nc(C(C)(C)C)cs1)C(=O)O. The lowest BCUT2D eigenvalue weighted by Crippen LogP contribution is -2.37. The summed E-state index contributed by atoms with van der Waals surface area (Å²) in [5.74, 6) is -0.434. The maximum atomic E-state index is 11.1. The van der Waals surface area contributed by atoms with Crippen molar-refractivity contribution in [2.75, 3.05) is 0 Å². The van der Waals surface area contributed by atoms with E-state index in [1.54, 1.807) is 11.3 Å². The fourth-order valence-electron chi connectivity index (χ4n) is 1.69. The zero-order valence-corrected chi connectivity index (χ0v) is 13.2. The third kappa shape index (κ3) is 5.28. The number of thiazole rings is 1. The summed E-state index contributed by atoms with van der Waals surface area (Å²) < 4.78 is 0. The summed E-state index contributed by atoms with van der Waals surface area (Å²) in [6.45, 7) is 10.9. The van der Waals surface area contributed by atoms with Crippen molar-refractivity contribution < 1.29 is 9.90 Å². The smallest absolute Gasteiger partial charge is 0.320 e. The van der Waals surface area contributed by atoms with Gasteiger partial charge in [-0.05, 0) is 12.3 Å². The minimum Gasteiger partial charge on any atom is -0.480 e. The molecule has 1 atom stereocenters. The van der Waals surface area contributed by atoms with Crippen molar-refractivity contribution >= 4 is 17.3 Å². The number of nitrogens with one attached hydrogen (secondary N) is 1. The Hall–Kier alpha value is -0.940. The highest BCUT2D eigenvalue weighted by molar-refractivity contribution is 7.09. The predicted molar refractivity (Wildman–Crippen MR) is 78.5 cm³/mol. The number of rotatable bonds is 6. The zero-order chi connectivity index (χ0) is 14.6. The largest absolute Gasteiger partial charge is 0.480 e. The van der Waals surface area contributed by atoms with E-state index in [0.717, 1.165) is 10.7 Å². The van der Waals surface area contributed by atoms with Crippen molar-refractivity contribution in [3.8, 4) is 0 Å². The Balaban J connectivity index is 2.60. The molecule has 0 saturated carbocycles.